The van der Waals surface area contributed by atoms with Gasteiger partial charge in [0.25, 0.3) is 11.8 Å². The van der Waals surface area contributed by atoms with Crippen LogP contribution >= 0.6 is 11.6 Å². The molecule has 0 aliphatic rings. The Morgan fingerprint density at radius 3 is 2.32 bits per heavy atom. The van der Waals surface area contributed by atoms with Gasteiger partial charge < -0.3 is 10.6 Å². The van der Waals surface area contributed by atoms with Gasteiger partial charge in [-0.15, -0.1) is 0 Å². The second kappa shape index (κ2) is 8.23. The molecular weight excluding hydrogens is 374 g/mol. The summed E-state index contributed by atoms with van der Waals surface area (Å²) in [5, 5.41) is 6.15. The highest BCUT2D eigenvalue weighted by atomic mass is 35.5. The molecule has 0 bridgehead atoms. The van der Waals surface area contributed by atoms with Crippen molar-refractivity contribution >= 4 is 34.8 Å². The Labute approximate surface area is 168 Å². The first kappa shape index (κ1) is 19.6. The van der Waals surface area contributed by atoms with Crippen molar-refractivity contribution in [3.63, 3.8) is 0 Å². The zero-order valence-electron chi connectivity index (χ0n) is 15.8. The lowest BCUT2D eigenvalue weighted by atomic mass is 10.1. The molecule has 142 valence electrons. The van der Waals surface area contributed by atoms with Crippen molar-refractivity contribution in [1.29, 1.82) is 0 Å². The van der Waals surface area contributed by atoms with E-state index in [2.05, 4.69) is 15.6 Å². The Kier molecular flexibility index (Phi) is 5.76. The van der Waals surface area contributed by atoms with E-state index in [-0.39, 0.29) is 11.6 Å². The van der Waals surface area contributed by atoms with Gasteiger partial charge >= 0.3 is 0 Å². The predicted octanol–water partition coefficient (Wildman–Crippen LogP) is 5.16. The number of amides is 2. The predicted molar refractivity (Wildman–Crippen MR) is 112 cm³/mol. The first-order valence-corrected chi connectivity index (χ1v) is 9.13. The molecule has 0 saturated heterocycles. The number of nitrogens with zero attached hydrogens (tertiary/aromatic N) is 1. The Morgan fingerprint density at radius 1 is 0.821 bits per heavy atom. The topological polar surface area (TPSA) is 71.1 Å². The molecule has 0 atom stereocenters. The summed E-state index contributed by atoms with van der Waals surface area (Å²) in [5.74, 6) is -0.718. The molecule has 2 aromatic carbocycles. The fraction of sp³-hybridized carbons (Fsp3) is 0.136. The monoisotopic (exact) mass is 393 g/mol. The molecule has 0 saturated carbocycles. The molecule has 2 amide bonds. The van der Waals surface area contributed by atoms with Crippen LogP contribution < -0.4 is 10.6 Å². The second-order valence-corrected chi connectivity index (χ2v) is 7.03. The fourth-order valence-electron chi connectivity index (χ4n) is 2.63. The van der Waals surface area contributed by atoms with Gasteiger partial charge in [0.15, 0.2) is 0 Å². The fourth-order valence-corrected chi connectivity index (χ4v) is 2.81. The minimum Gasteiger partial charge on any atom is -0.322 e. The summed E-state index contributed by atoms with van der Waals surface area (Å²) in [6.45, 7) is 5.86. The number of benzene rings is 2. The maximum atomic E-state index is 12.6. The maximum absolute atomic E-state index is 12.6. The van der Waals surface area contributed by atoms with E-state index in [1.165, 1.54) is 12.3 Å². The second-order valence-electron chi connectivity index (χ2n) is 6.60. The minimum absolute atomic E-state index is 0.145. The van der Waals surface area contributed by atoms with E-state index in [1.807, 2.05) is 45.0 Å². The summed E-state index contributed by atoms with van der Waals surface area (Å²) in [5.41, 5.74) is 4.91. The molecule has 2 N–H and O–H groups in total. The number of carbonyl (C=O) groups excluding carboxylic acids is 2. The molecule has 0 fully saturated rings. The molecule has 0 spiro atoms. The van der Waals surface area contributed by atoms with Crippen LogP contribution in [0, 0.1) is 20.8 Å². The molecule has 1 heterocycles. The van der Waals surface area contributed by atoms with Crippen molar-refractivity contribution in [2.75, 3.05) is 10.6 Å². The van der Waals surface area contributed by atoms with Gasteiger partial charge in [-0.2, -0.15) is 0 Å². The number of nitrogens with one attached hydrogen (secondary N) is 2. The number of hydrogen-bond acceptors (Lipinski definition) is 3. The number of hydrogen-bond donors (Lipinski definition) is 2. The van der Waals surface area contributed by atoms with Crippen LogP contribution in [0.3, 0.4) is 0 Å². The lowest BCUT2D eigenvalue weighted by Crippen LogP contribution is -2.17. The third kappa shape index (κ3) is 4.56. The van der Waals surface area contributed by atoms with Crippen molar-refractivity contribution in [3.05, 3.63) is 87.7 Å². The van der Waals surface area contributed by atoms with Crippen LogP contribution in [-0.4, -0.2) is 16.8 Å². The Hall–Kier alpha value is -3.18. The lowest BCUT2D eigenvalue weighted by Gasteiger charge is -2.10. The van der Waals surface area contributed by atoms with Crippen LogP contribution in [0.2, 0.25) is 5.02 Å². The molecule has 0 aliphatic heterocycles. The van der Waals surface area contributed by atoms with Gasteiger partial charge in [-0.05, 0) is 73.9 Å². The highest BCUT2D eigenvalue weighted by molar-refractivity contribution is 6.31. The average Bonchev–Trinajstić information content (AvgIpc) is 2.67. The van der Waals surface area contributed by atoms with Gasteiger partial charge in [0.1, 0.15) is 5.69 Å². The van der Waals surface area contributed by atoms with E-state index in [4.69, 9.17) is 11.6 Å². The van der Waals surface area contributed by atoms with E-state index in [1.54, 1.807) is 18.2 Å². The Morgan fingerprint density at radius 2 is 1.57 bits per heavy atom. The zero-order valence-corrected chi connectivity index (χ0v) is 16.6. The molecule has 1 aromatic heterocycles. The minimum atomic E-state index is -0.411. The van der Waals surface area contributed by atoms with Crippen LogP contribution in [0.4, 0.5) is 11.4 Å². The van der Waals surface area contributed by atoms with Crippen LogP contribution in [0.5, 0.6) is 0 Å². The van der Waals surface area contributed by atoms with E-state index in [0.717, 1.165) is 16.7 Å². The summed E-state index contributed by atoms with van der Waals surface area (Å²) in [6.07, 6.45) is 1.44. The number of aryl methyl sites for hydroxylation is 3. The molecule has 0 aliphatic carbocycles. The zero-order chi connectivity index (χ0) is 20.3. The number of pyridine rings is 1. The van der Waals surface area contributed by atoms with Crippen molar-refractivity contribution in [3.8, 4) is 0 Å². The van der Waals surface area contributed by atoms with E-state index >= 15 is 0 Å². The first-order chi connectivity index (χ1) is 13.3. The SMILES string of the molecule is Cc1ccc(NC(=O)c2ccnc(C(=O)Nc3cc(Cl)ccc3C)c2)cc1C. The normalized spacial score (nSPS) is 10.4. The average molecular weight is 394 g/mol. The van der Waals surface area contributed by atoms with E-state index in [9.17, 15) is 9.59 Å². The lowest BCUT2D eigenvalue weighted by molar-refractivity contribution is 0.102. The van der Waals surface area contributed by atoms with Gasteiger partial charge in [0, 0.05) is 28.2 Å². The molecule has 3 aromatic rings. The quantitative estimate of drug-likeness (QED) is 0.642. The Bertz CT molecular complexity index is 1060. The third-order valence-electron chi connectivity index (χ3n) is 4.47. The highest BCUT2D eigenvalue weighted by Gasteiger charge is 2.13. The molecule has 28 heavy (non-hydrogen) atoms. The van der Waals surface area contributed by atoms with E-state index in [0.29, 0.717) is 22.0 Å². The molecule has 6 heteroatoms. The van der Waals surface area contributed by atoms with Gasteiger partial charge in [-0.1, -0.05) is 23.7 Å². The number of aromatic nitrogens is 1. The van der Waals surface area contributed by atoms with Crippen LogP contribution in [0.15, 0.2) is 54.7 Å². The summed E-state index contributed by atoms with van der Waals surface area (Å²) in [7, 11) is 0. The largest absolute Gasteiger partial charge is 0.322 e. The summed E-state index contributed by atoms with van der Waals surface area (Å²) in [6, 6.07) is 14.0. The van der Waals surface area contributed by atoms with Gasteiger partial charge in [0.05, 0.1) is 0 Å². The molecule has 5 nitrogen and oxygen atoms in total. The summed E-state index contributed by atoms with van der Waals surface area (Å²) >= 11 is 5.99. The number of carbonyl (C=O) groups is 2. The number of rotatable bonds is 4. The molecular formula is C22H20ClN3O2. The van der Waals surface area contributed by atoms with Crippen LogP contribution in [0.1, 0.15) is 37.5 Å². The highest BCUT2D eigenvalue weighted by Crippen LogP contribution is 2.21. The smallest absolute Gasteiger partial charge is 0.274 e. The van der Waals surface area contributed by atoms with Gasteiger partial charge in [0.2, 0.25) is 0 Å². The van der Waals surface area contributed by atoms with Crippen molar-refractivity contribution in [2.45, 2.75) is 20.8 Å². The Balaban J connectivity index is 1.77. The standard InChI is InChI=1S/C22H20ClN3O2/c1-13-5-7-18(10-15(13)3)25-21(27)16-8-9-24-20(11-16)22(28)26-19-12-17(23)6-4-14(19)2/h4-12H,1-3H3,(H,25,27)(H,26,28). The first-order valence-electron chi connectivity index (χ1n) is 8.75. The van der Waals surface area contributed by atoms with Gasteiger partial charge in [-0.25, -0.2) is 0 Å². The van der Waals surface area contributed by atoms with Crippen molar-refractivity contribution < 1.29 is 9.59 Å². The van der Waals surface area contributed by atoms with Gasteiger partial charge in [-0.3, -0.25) is 14.6 Å². The van der Waals surface area contributed by atoms with Crippen LogP contribution in [-0.2, 0) is 0 Å². The molecule has 3 rings (SSSR count). The summed E-state index contributed by atoms with van der Waals surface area (Å²) < 4.78 is 0. The number of anilines is 2. The van der Waals surface area contributed by atoms with Crippen molar-refractivity contribution in [2.24, 2.45) is 0 Å². The molecule has 0 unspecified atom stereocenters. The number of halogens is 1. The van der Waals surface area contributed by atoms with Crippen molar-refractivity contribution in [1.82, 2.24) is 4.98 Å². The maximum Gasteiger partial charge on any atom is 0.274 e. The van der Waals surface area contributed by atoms with Crippen LogP contribution in [0.25, 0.3) is 0 Å². The molecule has 0 radical (unpaired) electrons. The third-order valence-corrected chi connectivity index (χ3v) is 4.70. The van der Waals surface area contributed by atoms with E-state index < -0.39 is 5.91 Å². The summed E-state index contributed by atoms with van der Waals surface area (Å²) in [4.78, 5) is 29.2.